The minimum absolute atomic E-state index is 0.301. The van der Waals surface area contributed by atoms with Gasteiger partial charge in [-0.2, -0.15) is 0 Å². The maximum absolute atomic E-state index is 13.0. The lowest BCUT2D eigenvalue weighted by Crippen LogP contribution is -2.48. The Bertz CT molecular complexity index is 1010. The molecule has 2 aromatic heterocycles. The molecule has 0 saturated carbocycles. The van der Waals surface area contributed by atoms with Crippen LogP contribution >= 0.6 is 0 Å². The van der Waals surface area contributed by atoms with Gasteiger partial charge in [0, 0.05) is 44.8 Å². The van der Waals surface area contributed by atoms with Crippen LogP contribution < -0.4 is 15.1 Å². The normalized spacial score (nSPS) is 14.7. The van der Waals surface area contributed by atoms with Crippen LogP contribution in [0.4, 0.5) is 11.8 Å². The molecule has 1 unspecified atom stereocenters. The highest BCUT2D eigenvalue weighted by atomic mass is 16.2. The van der Waals surface area contributed by atoms with Crippen LogP contribution in [0.25, 0.3) is 0 Å². The van der Waals surface area contributed by atoms with Crippen LogP contribution in [0.1, 0.15) is 15.9 Å². The maximum atomic E-state index is 13.0. The van der Waals surface area contributed by atoms with Gasteiger partial charge in [-0.3, -0.25) is 4.79 Å². The van der Waals surface area contributed by atoms with Crippen LogP contribution in [0.3, 0.4) is 0 Å². The van der Waals surface area contributed by atoms with Crippen molar-refractivity contribution in [3.63, 3.8) is 0 Å². The van der Waals surface area contributed by atoms with Gasteiger partial charge in [0.15, 0.2) is 0 Å². The quantitative estimate of drug-likeness (QED) is 0.587. The monoisotopic (exact) mass is 416 g/mol. The highest BCUT2D eigenvalue weighted by Crippen LogP contribution is 2.20. The molecule has 1 fully saturated rings. The van der Waals surface area contributed by atoms with E-state index in [1.54, 1.807) is 36.8 Å². The summed E-state index contributed by atoms with van der Waals surface area (Å²) in [5.41, 5.74) is 1.46. The number of rotatable bonds is 7. The van der Waals surface area contributed by atoms with E-state index < -0.39 is 6.04 Å². The highest BCUT2D eigenvalue weighted by Gasteiger charge is 2.24. The third-order valence-electron chi connectivity index (χ3n) is 5.22. The number of hydrogen-bond donors (Lipinski definition) is 1. The fourth-order valence-electron chi connectivity index (χ4n) is 3.65. The fourth-order valence-corrected chi connectivity index (χ4v) is 3.65. The van der Waals surface area contributed by atoms with Gasteiger partial charge in [0.2, 0.25) is 5.95 Å². The molecule has 158 valence electrons. The van der Waals surface area contributed by atoms with E-state index in [2.05, 4.69) is 30.1 Å². The first-order valence-electron chi connectivity index (χ1n) is 10.3. The van der Waals surface area contributed by atoms with Gasteiger partial charge in [0.25, 0.3) is 5.91 Å². The minimum atomic E-state index is -0.602. The van der Waals surface area contributed by atoms with Crippen molar-refractivity contribution in [1.82, 2.24) is 20.3 Å². The number of hydrogen-bond acceptors (Lipinski definition) is 7. The zero-order chi connectivity index (χ0) is 21.5. The molecule has 1 aliphatic heterocycles. The number of carbonyl (C=O) groups is 2. The Hall–Kier alpha value is -3.81. The first kappa shape index (κ1) is 20.5. The Labute approximate surface area is 181 Å². The lowest BCUT2D eigenvalue weighted by Gasteiger charge is -2.36. The Kier molecular flexibility index (Phi) is 6.47. The number of nitrogens with one attached hydrogen (secondary N) is 1. The molecule has 1 amide bonds. The summed E-state index contributed by atoms with van der Waals surface area (Å²) in [6, 6.07) is 14.3. The van der Waals surface area contributed by atoms with E-state index in [9.17, 15) is 9.59 Å². The van der Waals surface area contributed by atoms with Crippen molar-refractivity contribution in [1.29, 1.82) is 0 Å². The minimum Gasteiger partial charge on any atom is -0.352 e. The topological polar surface area (TPSA) is 91.3 Å². The van der Waals surface area contributed by atoms with Crippen molar-refractivity contribution in [3.8, 4) is 0 Å². The second-order valence-electron chi connectivity index (χ2n) is 7.30. The summed E-state index contributed by atoms with van der Waals surface area (Å²) in [6.45, 7) is 2.84. The molecule has 1 aliphatic rings. The summed E-state index contributed by atoms with van der Waals surface area (Å²) in [7, 11) is 0. The molecule has 3 heterocycles. The molecular weight excluding hydrogens is 392 g/mol. The van der Waals surface area contributed by atoms with Crippen LogP contribution in [0, 0.1) is 0 Å². The number of carbonyl (C=O) groups excluding carboxylic acids is 2. The Morgan fingerprint density at radius 2 is 1.58 bits per heavy atom. The van der Waals surface area contributed by atoms with E-state index in [4.69, 9.17) is 0 Å². The SMILES string of the molecule is O=CC(Cc1ccccc1)NC(=O)c1cccnc1N1CCN(c2ncccn2)CC1. The molecule has 0 bridgehead atoms. The summed E-state index contributed by atoms with van der Waals surface area (Å²) in [6.07, 6.45) is 6.37. The maximum Gasteiger partial charge on any atom is 0.255 e. The average Bonchev–Trinajstić information content (AvgIpc) is 2.85. The van der Waals surface area contributed by atoms with Crippen molar-refractivity contribution in [2.24, 2.45) is 0 Å². The van der Waals surface area contributed by atoms with Crippen LogP contribution in [0.2, 0.25) is 0 Å². The molecule has 8 heteroatoms. The predicted octanol–water partition coefficient (Wildman–Crippen LogP) is 1.74. The zero-order valence-corrected chi connectivity index (χ0v) is 17.1. The van der Waals surface area contributed by atoms with Gasteiger partial charge >= 0.3 is 0 Å². The van der Waals surface area contributed by atoms with E-state index in [0.717, 1.165) is 24.9 Å². The first-order valence-corrected chi connectivity index (χ1v) is 10.3. The molecule has 0 spiro atoms. The number of piperazine rings is 1. The second kappa shape index (κ2) is 9.80. The number of benzene rings is 1. The number of aldehydes is 1. The van der Waals surface area contributed by atoms with Crippen molar-refractivity contribution >= 4 is 24.0 Å². The Balaban J connectivity index is 1.43. The smallest absolute Gasteiger partial charge is 0.255 e. The summed E-state index contributed by atoms with van der Waals surface area (Å²) >= 11 is 0. The number of aromatic nitrogens is 3. The molecule has 31 heavy (non-hydrogen) atoms. The lowest BCUT2D eigenvalue weighted by atomic mass is 10.1. The van der Waals surface area contributed by atoms with E-state index >= 15 is 0 Å². The highest BCUT2D eigenvalue weighted by molar-refractivity contribution is 6.00. The largest absolute Gasteiger partial charge is 0.352 e. The molecule has 1 saturated heterocycles. The van der Waals surface area contributed by atoms with Gasteiger partial charge in [-0.15, -0.1) is 0 Å². The average molecular weight is 416 g/mol. The second-order valence-corrected chi connectivity index (χ2v) is 7.30. The van der Waals surface area contributed by atoms with Gasteiger partial charge in [0.05, 0.1) is 11.6 Å². The van der Waals surface area contributed by atoms with Gasteiger partial charge < -0.3 is 19.9 Å². The molecule has 1 N–H and O–H groups in total. The summed E-state index contributed by atoms with van der Waals surface area (Å²) in [5.74, 6) is 1.03. The standard InChI is InChI=1S/C23H24N6O2/c30-17-19(16-18-6-2-1-3-7-18)27-22(31)20-8-4-9-24-21(20)28-12-14-29(15-13-28)23-25-10-5-11-26-23/h1-11,17,19H,12-16H2,(H,27,31). The number of pyridine rings is 1. The van der Waals surface area contributed by atoms with Crippen molar-refractivity contribution in [2.45, 2.75) is 12.5 Å². The van der Waals surface area contributed by atoms with Crippen LogP contribution in [-0.2, 0) is 11.2 Å². The van der Waals surface area contributed by atoms with E-state index in [0.29, 0.717) is 36.8 Å². The summed E-state index contributed by atoms with van der Waals surface area (Å²) < 4.78 is 0. The van der Waals surface area contributed by atoms with Crippen molar-refractivity contribution < 1.29 is 9.59 Å². The van der Waals surface area contributed by atoms with Crippen LogP contribution in [-0.4, -0.2) is 59.4 Å². The van der Waals surface area contributed by atoms with E-state index in [1.165, 1.54) is 0 Å². The molecule has 4 rings (SSSR count). The lowest BCUT2D eigenvalue weighted by molar-refractivity contribution is -0.109. The Morgan fingerprint density at radius 3 is 2.29 bits per heavy atom. The third kappa shape index (κ3) is 5.03. The van der Waals surface area contributed by atoms with Crippen molar-refractivity contribution in [2.75, 3.05) is 36.0 Å². The van der Waals surface area contributed by atoms with Gasteiger partial charge in [-0.25, -0.2) is 15.0 Å². The molecule has 0 aliphatic carbocycles. The van der Waals surface area contributed by atoms with E-state index in [-0.39, 0.29) is 5.91 Å². The van der Waals surface area contributed by atoms with Gasteiger partial charge in [-0.1, -0.05) is 30.3 Å². The molecular formula is C23H24N6O2. The molecule has 3 aromatic rings. The van der Waals surface area contributed by atoms with Crippen molar-refractivity contribution in [3.05, 3.63) is 78.2 Å². The summed E-state index contributed by atoms with van der Waals surface area (Å²) in [5, 5.41) is 2.84. The zero-order valence-electron chi connectivity index (χ0n) is 17.1. The number of nitrogens with zero attached hydrogens (tertiary/aromatic N) is 5. The summed E-state index contributed by atoms with van der Waals surface area (Å²) in [4.78, 5) is 41.8. The molecule has 8 nitrogen and oxygen atoms in total. The first-order chi connectivity index (χ1) is 15.2. The Morgan fingerprint density at radius 1 is 0.903 bits per heavy atom. The predicted molar refractivity (Wildman–Crippen MR) is 118 cm³/mol. The fraction of sp³-hybridized carbons (Fsp3) is 0.261. The van der Waals surface area contributed by atoms with Crippen LogP contribution in [0.15, 0.2) is 67.1 Å². The molecule has 1 aromatic carbocycles. The molecule has 1 atom stereocenters. The third-order valence-corrected chi connectivity index (χ3v) is 5.22. The number of amides is 1. The van der Waals surface area contributed by atoms with Gasteiger partial charge in [0.1, 0.15) is 12.1 Å². The van der Waals surface area contributed by atoms with Gasteiger partial charge in [-0.05, 0) is 30.2 Å². The number of anilines is 2. The molecule has 0 radical (unpaired) electrons. The van der Waals surface area contributed by atoms with Crippen LogP contribution in [0.5, 0.6) is 0 Å². The van der Waals surface area contributed by atoms with E-state index in [1.807, 2.05) is 30.3 Å².